The smallest absolute Gasteiger partial charge is 0.327 e. The van der Waals surface area contributed by atoms with E-state index in [0.717, 1.165) is 12.8 Å². The Morgan fingerprint density at radius 3 is 1.69 bits per heavy atom. The fraction of sp³-hybridized carbons (Fsp3) is 0.800. The third kappa shape index (κ3) is 10.3. The van der Waals surface area contributed by atoms with Gasteiger partial charge in [0, 0.05) is 6.54 Å². The molecule has 6 heteroatoms. The number of nitrogen functional groups attached to an aromatic ring is 1. The number of nitrogens with one attached hydrogen (secondary N) is 3. The van der Waals surface area contributed by atoms with Crippen LogP contribution in [-0.2, 0) is 0 Å². The molecule has 0 fully saturated rings. The van der Waals surface area contributed by atoms with E-state index in [-0.39, 0.29) is 5.69 Å². The summed E-state index contributed by atoms with van der Waals surface area (Å²) in [6.45, 7) is 2.97. The van der Waals surface area contributed by atoms with E-state index in [4.69, 9.17) is 5.73 Å². The van der Waals surface area contributed by atoms with Crippen molar-refractivity contribution >= 4 is 11.5 Å². The van der Waals surface area contributed by atoms with Crippen molar-refractivity contribution in [1.82, 2.24) is 9.97 Å². The first kappa shape index (κ1) is 22.3. The molecule has 0 amide bonds. The number of H-pyrrole nitrogens is 2. The molecule has 1 heterocycles. The summed E-state index contributed by atoms with van der Waals surface area (Å²) in [5.74, 6) is 0.327. The van der Waals surface area contributed by atoms with Crippen molar-refractivity contribution in [2.75, 3.05) is 17.6 Å². The summed E-state index contributed by atoms with van der Waals surface area (Å²) in [6, 6.07) is 0. The highest BCUT2D eigenvalue weighted by Crippen LogP contribution is 2.13. The van der Waals surface area contributed by atoms with Crippen LogP contribution in [0.5, 0.6) is 0 Å². The molecule has 0 aliphatic carbocycles. The fourth-order valence-corrected chi connectivity index (χ4v) is 3.17. The van der Waals surface area contributed by atoms with Crippen molar-refractivity contribution in [3.8, 4) is 0 Å². The van der Waals surface area contributed by atoms with Gasteiger partial charge in [0.1, 0.15) is 11.5 Å². The van der Waals surface area contributed by atoms with Crippen LogP contribution in [0.15, 0.2) is 9.59 Å². The zero-order valence-corrected chi connectivity index (χ0v) is 16.5. The van der Waals surface area contributed by atoms with Crippen molar-refractivity contribution < 1.29 is 0 Å². The first-order valence-corrected chi connectivity index (χ1v) is 10.5. The maximum Gasteiger partial charge on any atom is 0.327 e. The van der Waals surface area contributed by atoms with E-state index in [1.807, 2.05) is 0 Å². The van der Waals surface area contributed by atoms with Gasteiger partial charge in [0.05, 0.1) is 0 Å². The summed E-state index contributed by atoms with van der Waals surface area (Å²) < 4.78 is 0. The molecule has 0 unspecified atom stereocenters. The number of anilines is 2. The molecular formula is C20H38N4O2. The van der Waals surface area contributed by atoms with Gasteiger partial charge in [-0.05, 0) is 6.42 Å². The first-order chi connectivity index (χ1) is 12.6. The molecule has 5 N–H and O–H groups in total. The number of nitrogens with two attached hydrogens (primary N) is 1. The summed E-state index contributed by atoms with van der Waals surface area (Å²) in [6.07, 6.45) is 18.5. The molecule has 1 aromatic heterocycles. The van der Waals surface area contributed by atoms with Gasteiger partial charge in [-0.15, -0.1) is 0 Å². The average molecular weight is 367 g/mol. The van der Waals surface area contributed by atoms with E-state index in [1.54, 1.807) is 0 Å². The van der Waals surface area contributed by atoms with E-state index in [9.17, 15) is 9.59 Å². The van der Waals surface area contributed by atoms with Gasteiger partial charge >= 0.3 is 5.69 Å². The SMILES string of the molecule is CCCCCCCCCCCCCCCCNc1[nH]c(=O)[nH]c(=O)c1N. The molecule has 0 radical (unpaired) electrons. The second kappa shape index (κ2) is 14.4. The van der Waals surface area contributed by atoms with Crippen molar-refractivity contribution in [2.45, 2.75) is 96.8 Å². The minimum Gasteiger partial charge on any atom is -0.391 e. The maximum atomic E-state index is 11.4. The Kier molecular flexibility index (Phi) is 12.4. The monoisotopic (exact) mass is 366 g/mol. The summed E-state index contributed by atoms with van der Waals surface area (Å²) in [7, 11) is 0. The molecule has 0 atom stereocenters. The Morgan fingerprint density at radius 2 is 1.19 bits per heavy atom. The van der Waals surface area contributed by atoms with Gasteiger partial charge in [0.2, 0.25) is 0 Å². The average Bonchev–Trinajstić information content (AvgIpc) is 2.62. The second-order valence-corrected chi connectivity index (χ2v) is 7.22. The van der Waals surface area contributed by atoms with Crippen LogP contribution in [-0.4, -0.2) is 16.5 Å². The number of aromatic amines is 2. The van der Waals surface area contributed by atoms with Crippen LogP contribution in [0.2, 0.25) is 0 Å². The number of hydrogen-bond acceptors (Lipinski definition) is 4. The molecule has 0 aliphatic heterocycles. The largest absolute Gasteiger partial charge is 0.391 e. The van der Waals surface area contributed by atoms with Crippen LogP contribution in [0.3, 0.4) is 0 Å². The molecule has 0 spiro atoms. The quantitative estimate of drug-likeness (QED) is 0.322. The van der Waals surface area contributed by atoms with Crippen LogP contribution in [0, 0.1) is 0 Å². The second-order valence-electron chi connectivity index (χ2n) is 7.22. The Balaban J connectivity index is 1.90. The van der Waals surface area contributed by atoms with Gasteiger partial charge in [-0.2, -0.15) is 0 Å². The first-order valence-electron chi connectivity index (χ1n) is 10.5. The highest BCUT2D eigenvalue weighted by Gasteiger charge is 2.04. The van der Waals surface area contributed by atoms with Gasteiger partial charge in [-0.3, -0.25) is 14.8 Å². The Bertz CT molecular complexity index is 580. The van der Waals surface area contributed by atoms with Crippen molar-refractivity contribution in [3.05, 3.63) is 20.8 Å². The standard InChI is InChI=1S/C20H38N4O2/c1-2-3-4-5-6-7-8-9-10-11-12-13-14-15-16-22-18-17(21)19(25)24-20(26)23-18/h2-16,21H2,1H3,(H3,22,23,24,25,26). The fourth-order valence-electron chi connectivity index (χ4n) is 3.17. The Hall–Kier alpha value is -1.72. The van der Waals surface area contributed by atoms with Gasteiger partial charge < -0.3 is 11.1 Å². The van der Waals surface area contributed by atoms with E-state index in [0.29, 0.717) is 12.4 Å². The van der Waals surface area contributed by atoms with E-state index in [2.05, 4.69) is 22.2 Å². The molecule has 0 aliphatic rings. The lowest BCUT2D eigenvalue weighted by Gasteiger charge is -2.07. The van der Waals surface area contributed by atoms with Crippen LogP contribution >= 0.6 is 0 Å². The van der Waals surface area contributed by atoms with Crippen molar-refractivity contribution in [1.29, 1.82) is 0 Å². The third-order valence-corrected chi connectivity index (χ3v) is 4.81. The molecule has 1 rings (SSSR count). The zero-order chi connectivity index (χ0) is 19.0. The predicted molar refractivity (Wildman–Crippen MR) is 111 cm³/mol. The lowest BCUT2D eigenvalue weighted by Crippen LogP contribution is -2.27. The van der Waals surface area contributed by atoms with E-state index in [1.165, 1.54) is 77.0 Å². The summed E-state index contributed by atoms with van der Waals surface area (Å²) >= 11 is 0. The predicted octanol–water partition coefficient (Wildman–Crippen LogP) is 4.54. The Labute approximate surface area is 157 Å². The van der Waals surface area contributed by atoms with Crippen LogP contribution in [0.4, 0.5) is 11.5 Å². The third-order valence-electron chi connectivity index (χ3n) is 4.81. The van der Waals surface area contributed by atoms with Gasteiger partial charge in [0.15, 0.2) is 0 Å². The van der Waals surface area contributed by atoms with Crippen molar-refractivity contribution in [2.24, 2.45) is 0 Å². The molecule has 150 valence electrons. The highest BCUT2D eigenvalue weighted by atomic mass is 16.2. The van der Waals surface area contributed by atoms with Gasteiger partial charge in [0.25, 0.3) is 5.56 Å². The molecule has 6 nitrogen and oxygen atoms in total. The summed E-state index contributed by atoms with van der Waals surface area (Å²) in [4.78, 5) is 27.2. The van der Waals surface area contributed by atoms with E-state index < -0.39 is 11.2 Å². The minimum absolute atomic E-state index is 0.0370. The Morgan fingerprint density at radius 1 is 0.731 bits per heavy atom. The number of unbranched alkanes of at least 4 members (excludes halogenated alkanes) is 13. The summed E-state index contributed by atoms with van der Waals surface area (Å²) in [5.41, 5.74) is 4.59. The van der Waals surface area contributed by atoms with Gasteiger partial charge in [-0.1, -0.05) is 90.4 Å². The molecular weight excluding hydrogens is 328 g/mol. The molecule has 0 aromatic carbocycles. The normalized spacial score (nSPS) is 11.0. The lowest BCUT2D eigenvalue weighted by atomic mass is 10.0. The van der Waals surface area contributed by atoms with Crippen LogP contribution < -0.4 is 22.3 Å². The highest BCUT2D eigenvalue weighted by molar-refractivity contribution is 5.58. The number of rotatable bonds is 16. The topological polar surface area (TPSA) is 104 Å². The zero-order valence-electron chi connectivity index (χ0n) is 16.5. The van der Waals surface area contributed by atoms with Gasteiger partial charge in [-0.25, -0.2) is 4.79 Å². The molecule has 0 saturated carbocycles. The number of hydrogen-bond donors (Lipinski definition) is 4. The summed E-state index contributed by atoms with van der Waals surface area (Å²) in [5, 5.41) is 3.04. The van der Waals surface area contributed by atoms with E-state index >= 15 is 0 Å². The lowest BCUT2D eigenvalue weighted by molar-refractivity contribution is 0.537. The molecule has 26 heavy (non-hydrogen) atoms. The van der Waals surface area contributed by atoms with Crippen molar-refractivity contribution in [3.63, 3.8) is 0 Å². The molecule has 0 saturated heterocycles. The maximum absolute atomic E-state index is 11.4. The molecule has 0 bridgehead atoms. The van der Waals surface area contributed by atoms with Crippen LogP contribution in [0.1, 0.15) is 96.8 Å². The van der Waals surface area contributed by atoms with Crippen LogP contribution in [0.25, 0.3) is 0 Å². The minimum atomic E-state index is -0.544. The molecule has 1 aromatic rings. The number of aromatic nitrogens is 2.